The van der Waals surface area contributed by atoms with E-state index in [-0.39, 0.29) is 0 Å². The van der Waals surface area contributed by atoms with E-state index in [1.165, 1.54) is 6.42 Å². The van der Waals surface area contributed by atoms with E-state index in [1.54, 1.807) is 7.11 Å². The zero-order valence-corrected chi connectivity index (χ0v) is 87.0. The van der Waals surface area contributed by atoms with Gasteiger partial charge >= 0.3 is 91.3 Å². The van der Waals surface area contributed by atoms with Gasteiger partial charge in [0.15, 0.2) is 0 Å². The molecule has 0 unspecified atom stereocenters. The minimum atomic E-state index is -2.18. The number of hydrogen-bond acceptors (Lipinski definition) is 3. The van der Waals surface area contributed by atoms with Crippen molar-refractivity contribution in [3.8, 4) is 0 Å². The van der Waals surface area contributed by atoms with Crippen LogP contribution >= 0.6 is 22.0 Å². The SMILES string of the molecule is CC(C)C(C)(C(C)C)C(C)C.CC(C)C(C)(C)C(C)C.CC(C)N(C)C(C)C.CC(C)P(C)(=O)C(C)C.CC(C)P(C)(C(C)C)(C(C)C)C(C)C.CC(C)S(C)(C(C)C)(C(C)C)(C(C)C)C(C)C.CC(C)[Si](C)(C(C)C)C(C)C.CC(C)[Si](C)(C)C(C)C.CCC(C)C.COCC(C)C. The summed E-state index contributed by atoms with van der Waals surface area (Å²) in [5, 5.41) is 3.87. The van der Waals surface area contributed by atoms with Gasteiger partial charge in [0.2, 0.25) is 0 Å². The molecule has 99 heavy (non-hydrogen) atoms. The molecule has 0 saturated heterocycles. The third kappa shape index (κ3) is 33.2. The molecule has 8 heteroatoms. The summed E-state index contributed by atoms with van der Waals surface area (Å²) in [6, 6.07) is 1.35. The van der Waals surface area contributed by atoms with Gasteiger partial charge in [-0.05, 0) is 126 Å². The fourth-order valence-corrected chi connectivity index (χ4v) is 40.4. The zero-order valence-electron chi connectivity index (χ0n) is 82.4. The largest absolute Gasteiger partial charge is 0.384 e. The maximum absolute atomic E-state index is 11.6. The monoisotopic (exact) mass is 1500 g/mol. The summed E-state index contributed by atoms with van der Waals surface area (Å²) >= 11 is 0. The van der Waals surface area contributed by atoms with Crippen molar-refractivity contribution in [3.05, 3.63) is 0 Å². The number of rotatable bonds is 26. The van der Waals surface area contributed by atoms with E-state index in [1.807, 2.05) is 34.4 Å². The van der Waals surface area contributed by atoms with Crippen LogP contribution in [0.15, 0.2) is 0 Å². The first-order chi connectivity index (χ1) is 43.4. The molecule has 0 rings (SSSR count). The van der Waals surface area contributed by atoms with Crippen molar-refractivity contribution >= 4 is 38.2 Å². The number of ether oxygens (including phenoxy) is 1. The van der Waals surface area contributed by atoms with Gasteiger partial charge in [-0.15, -0.1) is 0 Å². The molecule has 0 fully saturated rings. The van der Waals surface area contributed by atoms with Crippen LogP contribution in [0, 0.1) is 52.3 Å². The molecule has 620 valence electrons. The molecule has 3 nitrogen and oxygen atoms in total. The molecule has 0 heterocycles. The van der Waals surface area contributed by atoms with E-state index in [4.69, 9.17) is 4.74 Å². The van der Waals surface area contributed by atoms with E-state index in [0.717, 1.165) is 119 Å². The summed E-state index contributed by atoms with van der Waals surface area (Å²) in [6.45, 7) is 138. The Labute approximate surface area is 640 Å². The van der Waals surface area contributed by atoms with Gasteiger partial charge in [-0.2, -0.15) is 0 Å². The van der Waals surface area contributed by atoms with Gasteiger partial charge in [-0.25, -0.2) is 0 Å². The van der Waals surface area contributed by atoms with E-state index >= 15 is 0 Å². The van der Waals surface area contributed by atoms with Crippen molar-refractivity contribution in [2.75, 3.05) is 40.3 Å². The van der Waals surface area contributed by atoms with E-state index in [9.17, 15) is 4.57 Å². The van der Waals surface area contributed by atoms with Crippen LogP contribution in [0.1, 0.15) is 380 Å². The fourth-order valence-electron chi connectivity index (χ4n) is 15.9. The number of nitrogens with zero attached hydrogens (tertiary/aromatic N) is 1. The van der Waals surface area contributed by atoms with Crippen LogP contribution in [0.4, 0.5) is 0 Å². The smallest absolute Gasteiger partial charge is 0.0581 e. The molecule has 0 radical (unpaired) electrons. The van der Waals surface area contributed by atoms with E-state index in [2.05, 4.69) is 391 Å². The van der Waals surface area contributed by atoms with Crippen molar-refractivity contribution in [3.63, 3.8) is 0 Å². The topological polar surface area (TPSA) is 29.5 Å². The number of methoxy groups -OCH3 is 1. The molecule has 0 bridgehead atoms. The second kappa shape index (κ2) is 51.0. The summed E-state index contributed by atoms with van der Waals surface area (Å²) in [4.78, 5) is 2.33. The van der Waals surface area contributed by atoms with Crippen LogP contribution in [0.25, 0.3) is 0 Å². The molecule has 0 aromatic rings. The fraction of sp³-hybridized carbons (Fsp3) is 1.00. The first-order valence-electron chi connectivity index (χ1n) is 42.2. The zero-order chi connectivity index (χ0) is 83.5. The van der Waals surface area contributed by atoms with Crippen LogP contribution in [0.2, 0.25) is 47.3 Å². The summed E-state index contributed by atoms with van der Waals surface area (Å²) in [5.41, 5.74) is 9.70. The molecular formula is C91H215NO2P2SSi2. The molecule has 0 aliphatic heterocycles. The molecule has 0 aliphatic carbocycles. The van der Waals surface area contributed by atoms with Crippen molar-refractivity contribution in [2.45, 2.75) is 500 Å². The minimum Gasteiger partial charge on any atom is -0.384 e. The molecule has 0 amide bonds. The van der Waals surface area contributed by atoms with Crippen LogP contribution in [-0.4, -0.2) is 134 Å². The summed E-state index contributed by atoms with van der Waals surface area (Å²) in [7, 11) is -1.99. The van der Waals surface area contributed by atoms with Gasteiger partial charge in [-0.3, -0.25) is 8.29 Å². The van der Waals surface area contributed by atoms with Crippen molar-refractivity contribution < 1.29 is 9.30 Å². The second-order valence-electron chi connectivity index (χ2n) is 41.8. The molecular weight excluding hydrogens is 1290 g/mol. The Morgan fingerprint density at radius 2 is 0.596 bits per heavy atom. The molecule has 0 aromatic heterocycles. The van der Waals surface area contributed by atoms with Crippen LogP contribution in [0.3, 0.4) is 0 Å². The molecule has 0 atom stereocenters. The van der Waals surface area contributed by atoms with Crippen LogP contribution in [0.5, 0.6) is 0 Å². The molecule has 0 spiro atoms. The Morgan fingerprint density at radius 3 is 0.596 bits per heavy atom. The Bertz CT molecular complexity index is 1720. The van der Waals surface area contributed by atoms with Gasteiger partial charge in [-0.1, -0.05) is 345 Å². The predicted molar refractivity (Wildman–Crippen MR) is 497 cm³/mol. The maximum atomic E-state index is 11.6. The first-order valence-corrected chi connectivity index (χ1v) is 56.5. The molecule has 0 aliphatic rings. The van der Waals surface area contributed by atoms with E-state index in [0.29, 0.717) is 40.1 Å². The van der Waals surface area contributed by atoms with Crippen molar-refractivity contribution in [1.29, 1.82) is 0 Å². The van der Waals surface area contributed by atoms with E-state index < -0.39 is 38.2 Å². The van der Waals surface area contributed by atoms with Gasteiger partial charge in [0.1, 0.15) is 0 Å². The molecule has 0 N–H and O–H groups in total. The Morgan fingerprint density at radius 1 is 0.394 bits per heavy atom. The maximum Gasteiger partial charge on any atom is 0.0581 e. The van der Waals surface area contributed by atoms with Gasteiger partial charge in [0, 0.05) is 37.1 Å². The Kier molecular flexibility index (Phi) is 62.5. The quantitative estimate of drug-likeness (QED) is 0.0639. The van der Waals surface area contributed by atoms with Crippen LogP contribution < -0.4 is 0 Å². The summed E-state index contributed by atoms with van der Waals surface area (Å²) in [5.74, 6) is 5.48. The third-order valence-electron chi connectivity index (χ3n) is 31.9. The van der Waals surface area contributed by atoms with Crippen molar-refractivity contribution in [2.24, 2.45) is 52.3 Å². The summed E-state index contributed by atoms with van der Waals surface area (Å²) < 4.78 is 16.4. The summed E-state index contributed by atoms with van der Waals surface area (Å²) in [6.07, 6.45) is 4.02. The average molecular weight is 1510 g/mol. The molecule has 0 saturated carbocycles. The standard InChI is InChI=1S/C16H38S.C13H31P.C11H24.C10H24Si.C9H20.C8H20Si.C7H17N.C7H17OP.C5H12O.C5H12/c1-12(2)17(11,13(3)4,14(5)6,15(7)8)16(9)10;1-10(2)14(9,11(3)4,12(5)6)13(7)8;2*1-8(2)11(7,9(3)4)10(5)6;2*1-7(2)9(5,6)8(3)4;1-6(2)8(5)7(3)4;1-6(2)9(5,8)7(3)4;1-5(2)4-6-3;1-4-5(2)3/h12-16H,1-11H3;10-13H,1-9H3;2*8-10H,1-7H3;2*7-8H,1-6H3;6-7H,1-5H3;6-7H,1-5H3;5H,4H2,1-3H3;5H,4H2,1-3H3. The van der Waals surface area contributed by atoms with Gasteiger partial charge < -0.3 is 14.2 Å². The van der Waals surface area contributed by atoms with Gasteiger partial charge in [0.25, 0.3) is 0 Å². The third-order valence-corrected chi connectivity index (χ3v) is 76.3. The van der Waals surface area contributed by atoms with Crippen LogP contribution in [-0.2, 0) is 9.30 Å². The average Bonchev–Trinajstić information content (AvgIpc) is 3.43. The normalized spacial score (nSPS) is 14.2. The Hall–Kier alpha value is 1.36. The second-order valence-corrected chi connectivity index (χ2v) is 75.9. The molecule has 0 aromatic carbocycles. The minimum absolute atomic E-state index is 0.345. The first kappa shape index (κ1) is 121. The Balaban J connectivity index is -0.000000113. The van der Waals surface area contributed by atoms with Gasteiger partial charge in [0.05, 0.1) is 23.3 Å². The van der Waals surface area contributed by atoms with Crippen molar-refractivity contribution in [1.82, 2.24) is 4.90 Å². The number of hydrogen-bond donors (Lipinski definition) is 0. The predicted octanol–water partition coefficient (Wildman–Crippen LogP) is 33.3.